The number of hydrogen-bond donors (Lipinski definition) is 0. The molecule has 0 radical (unpaired) electrons. The van der Waals surface area contributed by atoms with E-state index in [2.05, 4.69) is 75.4 Å². The summed E-state index contributed by atoms with van der Waals surface area (Å²) in [5, 5.41) is 0. The zero-order valence-electron chi connectivity index (χ0n) is 17.7. The molecule has 4 rings (SSSR count). The lowest BCUT2D eigenvalue weighted by molar-refractivity contribution is -0.132. The van der Waals surface area contributed by atoms with Crippen LogP contribution in [-0.2, 0) is 11.2 Å². The third kappa shape index (κ3) is 5.35. The van der Waals surface area contributed by atoms with Crippen molar-refractivity contribution in [2.75, 3.05) is 33.3 Å². The van der Waals surface area contributed by atoms with Gasteiger partial charge < -0.3 is 9.64 Å². The minimum atomic E-state index is 0.185. The van der Waals surface area contributed by atoms with E-state index in [0.29, 0.717) is 6.42 Å². The van der Waals surface area contributed by atoms with Gasteiger partial charge >= 0.3 is 0 Å². The van der Waals surface area contributed by atoms with Gasteiger partial charge in [0.15, 0.2) is 0 Å². The molecular weight excluding hydrogens is 452 g/mol. The number of methoxy groups -OCH3 is 1. The fourth-order valence-corrected chi connectivity index (χ4v) is 4.42. The van der Waals surface area contributed by atoms with Gasteiger partial charge in [0, 0.05) is 30.7 Å². The molecule has 0 N–H and O–H groups in total. The van der Waals surface area contributed by atoms with Crippen molar-refractivity contribution in [1.82, 2.24) is 9.80 Å². The second kappa shape index (κ2) is 10.1. The normalized spacial score (nSPS) is 15.5. The number of hydrogen-bond acceptors (Lipinski definition) is 3. The van der Waals surface area contributed by atoms with Crippen LogP contribution in [0.1, 0.15) is 22.7 Å². The summed E-state index contributed by atoms with van der Waals surface area (Å²) < 4.78 is 6.28. The average molecular weight is 479 g/mol. The SMILES string of the molecule is COc1ccc(CC(=O)N2CCN(C(c3ccccc3)c3ccc(Br)cc3)CC2)cc1. The molecule has 0 bridgehead atoms. The van der Waals surface area contributed by atoms with E-state index < -0.39 is 0 Å². The number of carbonyl (C=O) groups is 1. The minimum Gasteiger partial charge on any atom is -0.497 e. The van der Waals surface area contributed by atoms with Gasteiger partial charge in [-0.1, -0.05) is 70.5 Å². The monoisotopic (exact) mass is 478 g/mol. The lowest BCUT2D eigenvalue weighted by Gasteiger charge is -2.40. The first-order valence-electron chi connectivity index (χ1n) is 10.6. The van der Waals surface area contributed by atoms with Crippen molar-refractivity contribution in [3.8, 4) is 5.75 Å². The molecule has 31 heavy (non-hydrogen) atoms. The van der Waals surface area contributed by atoms with Gasteiger partial charge in [-0.05, 0) is 41.0 Å². The summed E-state index contributed by atoms with van der Waals surface area (Å²) in [5.74, 6) is 0.995. The van der Waals surface area contributed by atoms with E-state index in [-0.39, 0.29) is 11.9 Å². The van der Waals surface area contributed by atoms with Crippen LogP contribution in [0, 0.1) is 0 Å². The van der Waals surface area contributed by atoms with E-state index in [4.69, 9.17) is 4.74 Å². The molecule has 3 aromatic carbocycles. The zero-order valence-corrected chi connectivity index (χ0v) is 19.3. The number of benzene rings is 3. The summed E-state index contributed by atoms with van der Waals surface area (Å²) in [6.07, 6.45) is 0.429. The van der Waals surface area contributed by atoms with Crippen LogP contribution in [0.4, 0.5) is 0 Å². The molecule has 1 saturated heterocycles. The number of rotatable bonds is 6. The van der Waals surface area contributed by atoms with Gasteiger partial charge in [0.05, 0.1) is 19.6 Å². The summed E-state index contributed by atoms with van der Waals surface area (Å²) in [5.41, 5.74) is 3.57. The summed E-state index contributed by atoms with van der Waals surface area (Å²) in [6, 6.07) is 27.1. The molecule has 5 heteroatoms. The summed E-state index contributed by atoms with van der Waals surface area (Å²) in [6.45, 7) is 3.19. The van der Waals surface area contributed by atoms with Crippen LogP contribution in [0.15, 0.2) is 83.3 Å². The Balaban J connectivity index is 1.43. The molecule has 1 heterocycles. The van der Waals surface area contributed by atoms with Crippen molar-refractivity contribution in [2.45, 2.75) is 12.5 Å². The Morgan fingerprint density at radius 1 is 0.871 bits per heavy atom. The Labute approximate surface area is 192 Å². The zero-order chi connectivity index (χ0) is 21.6. The van der Waals surface area contributed by atoms with E-state index in [1.54, 1.807) is 7.11 Å². The van der Waals surface area contributed by atoms with Crippen molar-refractivity contribution < 1.29 is 9.53 Å². The second-order valence-corrected chi connectivity index (χ2v) is 8.72. The van der Waals surface area contributed by atoms with E-state index in [9.17, 15) is 4.79 Å². The van der Waals surface area contributed by atoms with E-state index in [0.717, 1.165) is 42.0 Å². The molecule has 1 unspecified atom stereocenters. The molecule has 0 aliphatic carbocycles. The van der Waals surface area contributed by atoms with Gasteiger partial charge in [-0.2, -0.15) is 0 Å². The predicted molar refractivity (Wildman–Crippen MR) is 127 cm³/mol. The highest BCUT2D eigenvalue weighted by molar-refractivity contribution is 9.10. The first-order valence-corrected chi connectivity index (χ1v) is 11.4. The first-order chi connectivity index (χ1) is 15.1. The van der Waals surface area contributed by atoms with Crippen LogP contribution in [0.25, 0.3) is 0 Å². The van der Waals surface area contributed by atoms with Gasteiger partial charge in [0.1, 0.15) is 5.75 Å². The molecular formula is C26H27BrN2O2. The maximum atomic E-state index is 12.8. The Kier molecular flexibility index (Phi) is 7.05. The Morgan fingerprint density at radius 3 is 2.10 bits per heavy atom. The third-order valence-corrected chi connectivity index (χ3v) is 6.38. The number of ether oxygens (including phenoxy) is 1. The Bertz CT molecular complexity index is 982. The van der Waals surface area contributed by atoms with Crippen LogP contribution < -0.4 is 4.74 Å². The molecule has 1 amide bonds. The lowest BCUT2D eigenvalue weighted by Crippen LogP contribution is -2.50. The van der Waals surface area contributed by atoms with Crippen LogP contribution in [0.3, 0.4) is 0 Å². The molecule has 1 atom stereocenters. The average Bonchev–Trinajstić information content (AvgIpc) is 2.82. The van der Waals surface area contributed by atoms with Crippen LogP contribution >= 0.6 is 15.9 Å². The van der Waals surface area contributed by atoms with Gasteiger partial charge in [-0.15, -0.1) is 0 Å². The highest BCUT2D eigenvalue weighted by Gasteiger charge is 2.28. The van der Waals surface area contributed by atoms with Crippen molar-refractivity contribution in [3.05, 3.63) is 100 Å². The summed E-state index contributed by atoms with van der Waals surface area (Å²) in [7, 11) is 1.65. The topological polar surface area (TPSA) is 32.8 Å². The van der Waals surface area contributed by atoms with Gasteiger partial charge in [0.2, 0.25) is 5.91 Å². The number of piperazine rings is 1. The maximum Gasteiger partial charge on any atom is 0.227 e. The third-order valence-electron chi connectivity index (χ3n) is 5.85. The van der Waals surface area contributed by atoms with E-state index in [1.165, 1.54) is 11.1 Å². The molecule has 1 aliphatic heterocycles. The number of amides is 1. The Morgan fingerprint density at radius 2 is 1.48 bits per heavy atom. The smallest absolute Gasteiger partial charge is 0.227 e. The predicted octanol–water partition coefficient (Wildman–Crippen LogP) is 4.93. The highest BCUT2D eigenvalue weighted by atomic mass is 79.9. The van der Waals surface area contributed by atoms with Gasteiger partial charge in [-0.25, -0.2) is 0 Å². The minimum absolute atomic E-state index is 0.185. The molecule has 4 nitrogen and oxygen atoms in total. The summed E-state index contributed by atoms with van der Waals surface area (Å²) >= 11 is 3.54. The number of halogens is 1. The molecule has 0 spiro atoms. The molecule has 1 fully saturated rings. The van der Waals surface area contributed by atoms with Gasteiger partial charge in [0.25, 0.3) is 0 Å². The van der Waals surface area contributed by atoms with Crippen LogP contribution in [0.2, 0.25) is 0 Å². The molecule has 0 aromatic heterocycles. The largest absolute Gasteiger partial charge is 0.497 e. The fraction of sp³-hybridized carbons (Fsp3) is 0.269. The number of nitrogens with zero attached hydrogens (tertiary/aromatic N) is 2. The van der Waals surface area contributed by atoms with Crippen molar-refractivity contribution >= 4 is 21.8 Å². The second-order valence-electron chi connectivity index (χ2n) is 7.81. The molecule has 3 aromatic rings. The van der Waals surface area contributed by atoms with Crippen molar-refractivity contribution in [1.29, 1.82) is 0 Å². The Hall–Kier alpha value is -2.63. The highest BCUT2D eigenvalue weighted by Crippen LogP contribution is 2.30. The quantitative estimate of drug-likeness (QED) is 0.503. The van der Waals surface area contributed by atoms with Gasteiger partial charge in [-0.3, -0.25) is 9.69 Å². The number of carbonyl (C=O) groups excluding carboxylic acids is 1. The molecule has 0 saturated carbocycles. The van der Waals surface area contributed by atoms with Crippen LogP contribution in [0.5, 0.6) is 5.75 Å². The standard InChI is InChI=1S/C26H27BrN2O2/c1-31-24-13-7-20(8-14-24)19-25(30)28-15-17-29(18-16-28)26(21-5-3-2-4-6-21)22-9-11-23(27)12-10-22/h2-14,26H,15-19H2,1H3. The van der Waals surface area contributed by atoms with Crippen LogP contribution in [-0.4, -0.2) is 49.0 Å². The van der Waals surface area contributed by atoms with E-state index in [1.807, 2.05) is 29.2 Å². The van der Waals surface area contributed by atoms with E-state index >= 15 is 0 Å². The van der Waals surface area contributed by atoms with Crippen molar-refractivity contribution in [3.63, 3.8) is 0 Å². The first kappa shape index (κ1) is 21.6. The molecule has 1 aliphatic rings. The molecule has 160 valence electrons. The summed E-state index contributed by atoms with van der Waals surface area (Å²) in [4.78, 5) is 17.3. The maximum absolute atomic E-state index is 12.8. The van der Waals surface area contributed by atoms with Crippen molar-refractivity contribution in [2.24, 2.45) is 0 Å². The lowest BCUT2D eigenvalue weighted by atomic mass is 9.96. The fourth-order valence-electron chi connectivity index (χ4n) is 4.15.